The maximum atomic E-state index is 8.94. The summed E-state index contributed by atoms with van der Waals surface area (Å²) in [7, 11) is 0. The van der Waals surface area contributed by atoms with Crippen molar-refractivity contribution < 1.29 is 5.11 Å². The van der Waals surface area contributed by atoms with Crippen LogP contribution < -0.4 is 0 Å². The molecular formula is C12H16BrNO. The number of aliphatic hydroxyl groups is 1. The average molecular weight is 270 g/mol. The van der Waals surface area contributed by atoms with Gasteiger partial charge in [-0.25, -0.2) is 0 Å². The van der Waals surface area contributed by atoms with Crippen molar-refractivity contribution in [3.8, 4) is 0 Å². The second-order valence-corrected chi connectivity index (χ2v) is 4.56. The van der Waals surface area contributed by atoms with Crippen LogP contribution in [0.15, 0.2) is 41.4 Å². The molecule has 0 atom stereocenters. The summed E-state index contributed by atoms with van der Waals surface area (Å²) in [6, 6.07) is 10.2. The SMILES string of the molecule is C=C(Br)CN(CCO)Cc1ccccc1. The van der Waals surface area contributed by atoms with E-state index in [2.05, 4.69) is 39.5 Å². The molecule has 0 radical (unpaired) electrons. The lowest BCUT2D eigenvalue weighted by atomic mass is 10.2. The van der Waals surface area contributed by atoms with E-state index in [1.165, 1.54) is 5.56 Å². The molecule has 0 amide bonds. The molecule has 1 aromatic rings. The minimum atomic E-state index is 0.174. The highest BCUT2D eigenvalue weighted by atomic mass is 79.9. The monoisotopic (exact) mass is 269 g/mol. The van der Waals surface area contributed by atoms with Crippen LogP contribution in [-0.4, -0.2) is 29.7 Å². The Kier molecular flexibility index (Phi) is 5.61. The Morgan fingerprint density at radius 2 is 2.00 bits per heavy atom. The quantitative estimate of drug-likeness (QED) is 0.858. The largest absolute Gasteiger partial charge is 0.395 e. The predicted octanol–water partition coefficient (Wildman–Crippen LogP) is 2.39. The maximum Gasteiger partial charge on any atom is 0.0558 e. The zero-order chi connectivity index (χ0) is 11.1. The fourth-order valence-electron chi connectivity index (χ4n) is 1.44. The van der Waals surface area contributed by atoms with Crippen molar-refractivity contribution >= 4 is 15.9 Å². The number of nitrogens with zero attached hydrogens (tertiary/aromatic N) is 1. The number of halogens is 1. The van der Waals surface area contributed by atoms with Crippen molar-refractivity contribution in [1.29, 1.82) is 0 Å². The van der Waals surface area contributed by atoms with Crippen LogP contribution in [0.4, 0.5) is 0 Å². The van der Waals surface area contributed by atoms with Crippen LogP contribution in [0.1, 0.15) is 5.56 Å². The molecule has 1 aromatic carbocycles. The Labute approximate surface area is 99.4 Å². The van der Waals surface area contributed by atoms with Crippen LogP contribution in [-0.2, 0) is 6.54 Å². The Balaban J connectivity index is 2.54. The molecule has 1 rings (SSSR count). The molecule has 0 bridgehead atoms. The first-order valence-electron chi connectivity index (χ1n) is 4.93. The smallest absolute Gasteiger partial charge is 0.0558 e. The average Bonchev–Trinajstić information content (AvgIpc) is 2.18. The molecule has 2 nitrogen and oxygen atoms in total. The molecule has 0 heterocycles. The molecule has 3 heteroatoms. The van der Waals surface area contributed by atoms with Gasteiger partial charge < -0.3 is 5.11 Å². The molecule has 0 saturated heterocycles. The van der Waals surface area contributed by atoms with E-state index in [0.717, 1.165) is 17.6 Å². The topological polar surface area (TPSA) is 23.5 Å². The van der Waals surface area contributed by atoms with Crippen molar-refractivity contribution in [3.63, 3.8) is 0 Å². The third kappa shape index (κ3) is 5.11. The Bertz CT molecular complexity index is 300. The minimum absolute atomic E-state index is 0.174. The molecule has 0 saturated carbocycles. The first-order valence-corrected chi connectivity index (χ1v) is 5.72. The van der Waals surface area contributed by atoms with Gasteiger partial charge in [-0.15, -0.1) is 0 Å². The summed E-state index contributed by atoms with van der Waals surface area (Å²) < 4.78 is 0.937. The van der Waals surface area contributed by atoms with Crippen molar-refractivity contribution in [1.82, 2.24) is 4.90 Å². The van der Waals surface area contributed by atoms with Crippen LogP contribution in [0.3, 0.4) is 0 Å². The van der Waals surface area contributed by atoms with Gasteiger partial charge >= 0.3 is 0 Å². The molecule has 0 fully saturated rings. The fourth-order valence-corrected chi connectivity index (χ4v) is 1.79. The van der Waals surface area contributed by atoms with E-state index in [1.54, 1.807) is 0 Å². The number of aliphatic hydroxyl groups excluding tert-OH is 1. The standard InChI is InChI=1S/C12H16BrNO/c1-11(13)9-14(7-8-15)10-12-5-3-2-4-6-12/h2-6,15H,1,7-10H2. The molecule has 0 aliphatic heterocycles. The van der Waals surface area contributed by atoms with E-state index >= 15 is 0 Å². The predicted molar refractivity (Wildman–Crippen MR) is 66.9 cm³/mol. The highest BCUT2D eigenvalue weighted by molar-refractivity contribution is 9.11. The lowest BCUT2D eigenvalue weighted by molar-refractivity contribution is 0.203. The van der Waals surface area contributed by atoms with Gasteiger partial charge in [0.1, 0.15) is 0 Å². The molecular weight excluding hydrogens is 254 g/mol. The lowest BCUT2D eigenvalue weighted by Crippen LogP contribution is -2.27. The van der Waals surface area contributed by atoms with Gasteiger partial charge in [0.25, 0.3) is 0 Å². The Morgan fingerprint density at radius 1 is 1.33 bits per heavy atom. The second kappa shape index (κ2) is 6.77. The van der Waals surface area contributed by atoms with Crippen LogP contribution in [0.5, 0.6) is 0 Å². The van der Waals surface area contributed by atoms with E-state index in [9.17, 15) is 0 Å². The zero-order valence-electron chi connectivity index (χ0n) is 8.69. The number of hydrogen-bond acceptors (Lipinski definition) is 2. The van der Waals surface area contributed by atoms with Gasteiger partial charge in [0.2, 0.25) is 0 Å². The van der Waals surface area contributed by atoms with Crippen LogP contribution in [0, 0.1) is 0 Å². The first-order chi connectivity index (χ1) is 7.22. The number of hydrogen-bond donors (Lipinski definition) is 1. The van der Waals surface area contributed by atoms with Crippen LogP contribution in [0.2, 0.25) is 0 Å². The second-order valence-electron chi connectivity index (χ2n) is 3.44. The minimum Gasteiger partial charge on any atom is -0.395 e. The van der Waals surface area contributed by atoms with Crippen molar-refractivity contribution in [3.05, 3.63) is 47.0 Å². The molecule has 0 aromatic heterocycles. The maximum absolute atomic E-state index is 8.94. The normalized spacial score (nSPS) is 10.6. The van der Waals surface area contributed by atoms with Crippen LogP contribution in [0.25, 0.3) is 0 Å². The van der Waals surface area contributed by atoms with E-state index in [1.807, 2.05) is 18.2 Å². The summed E-state index contributed by atoms with van der Waals surface area (Å²) in [6.07, 6.45) is 0. The van der Waals surface area contributed by atoms with E-state index in [0.29, 0.717) is 6.54 Å². The molecule has 0 aliphatic carbocycles. The summed E-state index contributed by atoms with van der Waals surface area (Å²) in [5.74, 6) is 0. The molecule has 82 valence electrons. The summed E-state index contributed by atoms with van der Waals surface area (Å²) >= 11 is 3.34. The summed E-state index contributed by atoms with van der Waals surface area (Å²) in [5, 5.41) is 8.94. The van der Waals surface area contributed by atoms with Gasteiger partial charge in [-0.2, -0.15) is 0 Å². The summed E-state index contributed by atoms with van der Waals surface area (Å²) in [4.78, 5) is 2.15. The highest BCUT2D eigenvalue weighted by Gasteiger charge is 2.05. The number of benzene rings is 1. The van der Waals surface area contributed by atoms with Gasteiger partial charge in [0, 0.05) is 24.1 Å². The Morgan fingerprint density at radius 3 is 2.53 bits per heavy atom. The van der Waals surface area contributed by atoms with Crippen molar-refractivity contribution in [2.24, 2.45) is 0 Å². The highest BCUT2D eigenvalue weighted by Crippen LogP contribution is 2.09. The zero-order valence-corrected chi connectivity index (χ0v) is 10.3. The first kappa shape index (κ1) is 12.4. The van der Waals surface area contributed by atoms with Crippen molar-refractivity contribution in [2.75, 3.05) is 19.7 Å². The molecule has 0 aliphatic rings. The third-order valence-electron chi connectivity index (χ3n) is 2.06. The van der Waals surface area contributed by atoms with E-state index < -0.39 is 0 Å². The summed E-state index contributed by atoms with van der Waals surface area (Å²) in [5.41, 5.74) is 1.25. The Hall–Kier alpha value is -0.640. The third-order valence-corrected chi connectivity index (χ3v) is 2.31. The van der Waals surface area contributed by atoms with Gasteiger partial charge in [-0.05, 0) is 5.56 Å². The molecule has 0 unspecified atom stereocenters. The van der Waals surface area contributed by atoms with Gasteiger partial charge in [0.15, 0.2) is 0 Å². The van der Waals surface area contributed by atoms with E-state index in [-0.39, 0.29) is 6.61 Å². The number of rotatable bonds is 6. The van der Waals surface area contributed by atoms with Gasteiger partial charge in [0.05, 0.1) is 6.61 Å². The molecule has 0 spiro atoms. The lowest BCUT2D eigenvalue weighted by Gasteiger charge is -2.20. The van der Waals surface area contributed by atoms with Gasteiger partial charge in [-0.1, -0.05) is 52.8 Å². The summed E-state index contributed by atoms with van der Waals surface area (Å²) in [6.45, 7) is 6.25. The molecule has 15 heavy (non-hydrogen) atoms. The fraction of sp³-hybridized carbons (Fsp3) is 0.333. The van der Waals surface area contributed by atoms with Crippen molar-refractivity contribution in [2.45, 2.75) is 6.54 Å². The molecule has 1 N–H and O–H groups in total. The van der Waals surface area contributed by atoms with Crippen LogP contribution >= 0.6 is 15.9 Å². The van der Waals surface area contributed by atoms with Gasteiger partial charge in [-0.3, -0.25) is 4.90 Å². The van der Waals surface area contributed by atoms with E-state index in [4.69, 9.17) is 5.11 Å².